The van der Waals surface area contributed by atoms with E-state index in [2.05, 4.69) is 228 Å². The van der Waals surface area contributed by atoms with Gasteiger partial charge in [0, 0.05) is 32.9 Å². The fourth-order valence-corrected chi connectivity index (χ4v) is 8.74. The van der Waals surface area contributed by atoms with Crippen LogP contribution >= 0.6 is 0 Å². The summed E-state index contributed by atoms with van der Waals surface area (Å²) in [4.78, 5) is 0. The number of benzene rings is 9. The Kier molecular flexibility index (Phi) is 7.53. The van der Waals surface area contributed by atoms with Crippen LogP contribution in [0.1, 0.15) is 0 Å². The summed E-state index contributed by atoms with van der Waals surface area (Å²) in [5.74, 6) is 0. The monoisotopic (exact) mass is 712 g/mol. The Hall–Kier alpha value is -7.42. The van der Waals surface area contributed by atoms with Gasteiger partial charge in [0.2, 0.25) is 0 Å². The van der Waals surface area contributed by atoms with Gasteiger partial charge in [0.15, 0.2) is 0 Å². The zero-order chi connectivity index (χ0) is 37.0. The third kappa shape index (κ3) is 5.26. The lowest BCUT2D eigenvalue weighted by Gasteiger charge is -2.17. The van der Waals surface area contributed by atoms with Crippen LogP contribution in [0.5, 0.6) is 0 Å². The van der Waals surface area contributed by atoms with Crippen LogP contribution < -0.4 is 0 Å². The van der Waals surface area contributed by atoms with E-state index in [1.54, 1.807) is 0 Å². The predicted molar refractivity (Wildman–Crippen MR) is 237 cm³/mol. The van der Waals surface area contributed by atoms with Gasteiger partial charge in [0.05, 0.1) is 22.1 Å². The Morgan fingerprint density at radius 2 is 0.607 bits per heavy atom. The summed E-state index contributed by atoms with van der Waals surface area (Å²) in [7, 11) is 0. The molecule has 0 fully saturated rings. The van der Waals surface area contributed by atoms with E-state index >= 15 is 0 Å². The highest BCUT2D eigenvalue weighted by atomic mass is 15.0. The third-order valence-corrected chi connectivity index (χ3v) is 11.3. The molecule has 2 nitrogen and oxygen atoms in total. The van der Waals surface area contributed by atoms with E-state index in [1.807, 2.05) is 0 Å². The standard InChI is InChI=1S/C54H36N2/c1-4-16-37(17-5-1)40-32-41(38-18-6-2-7-19-38)34-42(33-40)49-35-43(28-30-45(49)39-20-8-3-9-21-39)56-53-27-15-12-24-48(53)50-36-44(29-31-54(50)56)55-51-25-13-10-22-46(51)47-23-11-14-26-52(47)55/h1-36H. The van der Waals surface area contributed by atoms with E-state index in [1.165, 1.54) is 88.1 Å². The first-order valence-corrected chi connectivity index (χ1v) is 19.3. The van der Waals surface area contributed by atoms with Crippen LogP contribution in [0.4, 0.5) is 0 Å². The second-order valence-corrected chi connectivity index (χ2v) is 14.6. The van der Waals surface area contributed by atoms with Gasteiger partial charge in [-0.05, 0) is 111 Å². The van der Waals surface area contributed by atoms with Crippen molar-refractivity contribution in [2.75, 3.05) is 0 Å². The minimum atomic E-state index is 1.13. The maximum Gasteiger partial charge on any atom is 0.0542 e. The summed E-state index contributed by atoms with van der Waals surface area (Å²) < 4.78 is 4.85. The first kappa shape index (κ1) is 32.0. The van der Waals surface area contributed by atoms with Crippen molar-refractivity contribution in [3.8, 4) is 55.9 Å². The van der Waals surface area contributed by atoms with Gasteiger partial charge in [-0.2, -0.15) is 0 Å². The zero-order valence-corrected chi connectivity index (χ0v) is 30.7. The van der Waals surface area contributed by atoms with E-state index in [4.69, 9.17) is 0 Å². The molecule has 0 radical (unpaired) electrons. The zero-order valence-electron chi connectivity index (χ0n) is 30.7. The molecule has 11 aromatic rings. The van der Waals surface area contributed by atoms with Gasteiger partial charge in [-0.15, -0.1) is 0 Å². The van der Waals surface area contributed by atoms with Crippen LogP contribution in [-0.4, -0.2) is 9.13 Å². The van der Waals surface area contributed by atoms with Crippen LogP contribution in [0.15, 0.2) is 218 Å². The normalized spacial score (nSPS) is 11.6. The quantitative estimate of drug-likeness (QED) is 0.162. The molecule has 0 N–H and O–H groups in total. The second kappa shape index (κ2) is 13.2. The van der Waals surface area contributed by atoms with E-state index in [0.717, 1.165) is 11.4 Å². The largest absolute Gasteiger partial charge is 0.309 e. The highest BCUT2D eigenvalue weighted by molar-refractivity contribution is 6.12. The smallest absolute Gasteiger partial charge is 0.0542 e. The van der Waals surface area contributed by atoms with Crippen molar-refractivity contribution in [3.05, 3.63) is 218 Å². The molecule has 0 amide bonds. The topological polar surface area (TPSA) is 9.86 Å². The van der Waals surface area contributed by atoms with Crippen molar-refractivity contribution in [1.82, 2.24) is 9.13 Å². The van der Waals surface area contributed by atoms with Crippen molar-refractivity contribution in [2.24, 2.45) is 0 Å². The molecule has 0 aliphatic carbocycles. The molecule has 0 atom stereocenters. The molecule has 2 aromatic heterocycles. The van der Waals surface area contributed by atoms with Gasteiger partial charge in [0.25, 0.3) is 0 Å². The molecule has 11 rings (SSSR count). The first-order chi connectivity index (χ1) is 27.8. The fraction of sp³-hybridized carbons (Fsp3) is 0. The van der Waals surface area contributed by atoms with Gasteiger partial charge >= 0.3 is 0 Å². The Labute approximate surface area is 325 Å². The summed E-state index contributed by atoms with van der Waals surface area (Å²) in [6.45, 7) is 0. The summed E-state index contributed by atoms with van der Waals surface area (Å²) in [6.07, 6.45) is 0. The fourth-order valence-electron chi connectivity index (χ4n) is 8.74. The molecule has 0 saturated carbocycles. The lowest BCUT2D eigenvalue weighted by Crippen LogP contribution is -1.97. The second-order valence-electron chi connectivity index (χ2n) is 14.6. The molecule has 0 bridgehead atoms. The van der Waals surface area contributed by atoms with Gasteiger partial charge in [-0.25, -0.2) is 0 Å². The van der Waals surface area contributed by atoms with E-state index < -0.39 is 0 Å². The highest BCUT2D eigenvalue weighted by Crippen LogP contribution is 2.41. The van der Waals surface area contributed by atoms with Crippen LogP contribution in [0.2, 0.25) is 0 Å². The van der Waals surface area contributed by atoms with Gasteiger partial charge < -0.3 is 9.13 Å². The lowest BCUT2D eigenvalue weighted by molar-refractivity contribution is 1.17. The third-order valence-electron chi connectivity index (χ3n) is 11.3. The maximum atomic E-state index is 2.44. The van der Waals surface area contributed by atoms with Crippen molar-refractivity contribution in [2.45, 2.75) is 0 Å². The van der Waals surface area contributed by atoms with Gasteiger partial charge in [-0.3, -0.25) is 0 Å². The molecule has 9 aromatic carbocycles. The SMILES string of the molecule is c1ccc(-c2cc(-c3ccccc3)cc(-c3cc(-n4c5ccccc5c5cc(-n6c7ccccc7c7ccccc76)ccc54)ccc3-c3ccccc3)c2)cc1. The van der Waals surface area contributed by atoms with Gasteiger partial charge in [0.1, 0.15) is 0 Å². The highest BCUT2D eigenvalue weighted by Gasteiger charge is 2.19. The Balaban J connectivity index is 1.15. The maximum absolute atomic E-state index is 2.44. The van der Waals surface area contributed by atoms with Crippen molar-refractivity contribution in [3.63, 3.8) is 0 Å². The minimum absolute atomic E-state index is 1.13. The number of aromatic nitrogens is 2. The molecular weight excluding hydrogens is 677 g/mol. The van der Waals surface area contributed by atoms with Crippen LogP contribution in [-0.2, 0) is 0 Å². The molecule has 262 valence electrons. The molecular formula is C54H36N2. The van der Waals surface area contributed by atoms with Crippen molar-refractivity contribution >= 4 is 43.6 Å². The number of nitrogens with zero attached hydrogens (tertiary/aromatic N) is 2. The number of hydrogen-bond donors (Lipinski definition) is 0. The molecule has 0 aliphatic rings. The average molecular weight is 713 g/mol. The first-order valence-electron chi connectivity index (χ1n) is 19.3. The van der Waals surface area contributed by atoms with E-state index in [-0.39, 0.29) is 0 Å². The van der Waals surface area contributed by atoms with E-state index in [0.29, 0.717) is 0 Å². The lowest BCUT2D eigenvalue weighted by atomic mass is 9.89. The van der Waals surface area contributed by atoms with Gasteiger partial charge in [-0.1, -0.05) is 152 Å². The number of para-hydroxylation sites is 3. The van der Waals surface area contributed by atoms with Crippen molar-refractivity contribution in [1.29, 1.82) is 0 Å². The average Bonchev–Trinajstić information content (AvgIpc) is 3.79. The number of fused-ring (bicyclic) bond motifs is 6. The van der Waals surface area contributed by atoms with Crippen LogP contribution in [0.3, 0.4) is 0 Å². The summed E-state index contributed by atoms with van der Waals surface area (Å²) in [5, 5.41) is 4.99. The van der Waals surface area contributed by atoms with Crippen LogP contribution in [0.25, 0.3) is 99.5 Å². The number of hydrogen-bond acceptors (Lipinski definition) is 0. The van der Waals surface area contributed by atoms with Crippen molar-refractivity contribution < 1.29 is 0 Å². The summed E-state index contributed by atoms with van der Waals surface area (Å²) in [6, 6.07) is 79.5. The Morgan fingerprint density at radius 1 is 0.214 bits per heavy atom. The van der Waals surface area contributed by atoms with E-state index in [9.17, 15) is 0 Å². The molecule has 0 aliphatic heterocycles. The van der Waals surface area contributed by atoms with Crippen LogP contribution in [0, 0.1) is 0 Å². The molecule has 0 saturated heterocycles. The minimum Gasteiger partial charge on any atom is -0.309 e. The Morgan fingerprint density at radius 3 is 1.14 bits per heavy atom. The summed E-state index contributed by atoms with van der Waals surface area (Å²) in [5.41, 5.74) is 16.6. The number of rotatable bonds is 6. The molecule has 56 heavy (non-hydrogen) atoms. The Bertz CT molecular complexity index is 3110. The molecule has 2 heteroatoms. The summed E-state index contributed by atoms with van der Waals surface area (Å²) >= 11 is 0. The predicted octanol–water partition coefficient (Wildman–Crippen LogP) is 14.5. The molecule has 0 spiro atoms. The molecule has 2 heterocycles. The molecule has 0 unspecified atom stereocenters.